The number of ether oxygens (including phenoxy) is 2. The maximum absolute atomic E-state index is 5.53. The third-order valence-electron chi connectivity index (χ3n) is 5.88. The summed E-state index contributed by atoms with van der Waals surface area (Å²) in [6, 6.07) is 13.1. The van der Waals surface area contributed by atoms with Gasteiger partial charge in [0.15, 0.2) is 11.5 Å². The van der Waals surface area contributed by atoms with Gasteiger partial charge in [-0.05, 0) is 72.7 Å². The van der Waals surface area contributed by atoms with E-state index < -0.39 is 0 Å². The molecule has 0 spiro atoms. The lowest BCUT2D eigenvalue weighted by atomic mass is 9.89. The molecule has 1 saturated heterocycles. The van der Waals surface area contributed by atoms with Gasteiger partial charge >= 0.3 is 0 Å². The van der Waals surface area contributed by atoms with E-state index in [0.717, 1.165) is 30.2 Å². The molecule has 28 heavy (non-hydrogen) atoms. The fraction of sp³-hybridized carbons (Fsp3) is 0.417. The highest BCUT2D eigenvalue weighted by Gasteiger charge is 2.20. The predicted molar refractivity (Wildman–Crippen MR) is 116 cm³/mol. The molecule has 2 aromatic carbocycles. The fourth-order valence-corrected chi connectivity index (χ4v) is 4.44. The van der Waals surface area contributed by atoms with E-state index in [0.29, 0.717) is 11.8 Å². The number of fused-ring (bicyclic) bond motifs is 1. The van der Waals surface area contributed by atoms with Gasteiger partial charge < -0.3 is 19.8 Å². The number of rotatable bonds is 5. The first-order valence-corrected chi connectivity index (χ1v) is 10.2. The van der Waals surface area contributed by atoms with Crippen LogP contribution >= 0.6 is 0 Å². The van der Waals surface area contributed by atoms with Crippen molar-refractivity contribution < 1.29 is 9.47 Å². The molecule has 1 unspecified atom stereocenters. The van der Waals surface area contributed by atoms with Gasteiger partial charge in [0.1, 0.15) is 0 Å². The first kappa shape index (κ1) is 18.9. The molecule has 1 atom stereocenters. The molecule has 1 aromatic heterocycles. The van der Waals surface area contributed by atoms with Crippen LogP contribution in [0.5, 0.6) is 11.5 Å². The minimum Gasteiger partial charge on any atom is -0.493 e. The zero-order chi connectivity index (χ0) is 19.7. The lowest BCUT2D eigenvalue weighted by Crippen LogP contribution is -2.28. The lowest BCUT2D eigenvalue weighted by molar-refractivity contribution is 0.355. The molecule has 0 radical (unpaired) electrons. The normalized spacial score (nSPS) is 17.2. The van der Waals surface area contributed by atoms with Crippen molar-refractivity contribution in [3.63, 3.8) is 0 Å². The molecule has 2 heterocycles. The average molecular weight is 379 g/mol. The van der Waals surface area contributed by atoms with E-state index >= 15 is 0 Å². The van der Waals surface area contributed by atoms with Gasteiger partial charge in [0, 0.05) is 23.0 Å². The number of aromatic nitrogens is 1. The largest absolute Gasteiger partial charge is 0.493 e. The fourth-order valence-electron chi connectivity index (χ4n) is 4.44. The van der Waals surface area contributed by atoms with Gasteiger partial charge in [-0.2, -0.15) is 0 Å². The summed E-state index contributed by atoms with van der Waals surface area (Å²) in [6.07, 6.45) is 2.52. The van der Waals surface area contributed by atoms with Crippen LogP contribution in [0, 0.1) is 0 Å². The van der Waals surface area contributed by atoms with Crippen LogP contribution in [0.25, 0.3) is 22.2 Å². The maximum atomic E-state index is 5.53. The van der Waals surface area contributed by atoms with Gasteiger partial charge in [0.05, 0.1) is 19.9 Å². The molecule has 3 aromatic rings. The molecule has 4 heteroatoms. The second-order valence-corrected chi connectivity index (χ2v) is 7.99. The van der Waals surface area contributed by atoms with E-state index in [4.69, 9.17) is 9.47 Å². The highest BCUT2D eigenvalue weighted by molar-refractivity contribution is 5.92. The molecular weight excluding hydrogens is 348 g/mol. The summed E-state index contributed by atoms with van der Waals surface area (Å²) < 4.78 is 10.9. The van der Waals surface area contributed by atoms with Crippen LogP contribution in [0.3, 0.4) is 0 Å². The van der Waals surface area contributed by atoms with E-state index in [9.17, 15) is 0 Å². The topological polar surface area (TPSA) is 46.3 Å². The number of piperidine rings is 1. The SMILES string of the molecule is COc1ccc(-c2[nH]c3ccc(C4CCCNC4)cc3c2C(C)C)cc1OC. The molecule has 0 aliphatic carbocycles. The number of hydrogen-bond acceptors (Lipinski definition) is 3. The van der Waals surface area contributed by atoms with Crippen molar-refractivity contribution in [3.8, 4) is 22.8 Å². The second kappa shape index (κ2) is 7.88. The van der Waals surface area contributed by atoms with Crippen molar-refractivity contribution in [1.29, 1.82) is 0 Å². The van der Waals surface area contributed by atoms with Crippen LogP contribution in [-0.4, -0.2) is 32.3 Å². The number of H-pyrrole nitrogens is 1. The van der Waals surface area contributed by atoms with Crippen LogP contribution < -0.4 is 14.8 Å². The Labute approximate surface area is 167 Å². The Hall–Kier alpha value is -2.46. The van der Waals surface area contributed by atoms with Crippen LogP contribution in [0.4, 0.5) is 0 Å². The number of methoxy groups -OCH3 is 2. The van der Waals surface area contributed by atoms with Gasteiger partial charge in [-0.25, -0.2) is 0 Å². The van der Waals surface area contributed by atoms with E-state index in [1.54, 1.807) is 14.2 Å². The first-order valence-electron chi connectivity index (χ1n) is 10.2. The Balaban J connectivity index is 1.83. The Kier molecular flexibility index (Phi) is 5.31. The summed E-state index contributed by atoms with van der Waals surface area (Å²) >= 11 is 0. The Morgan fingerprint density at radius 1 is 1.00 bits per heavy atom. The maximum Gasteiger partial charge on any atom is 0.161 e. The smallest absolute Gasteiger partial charge is 0.161 e. The summed E-state index contributed by atoms with van der Waals surface area (Å²) in [6.45, 7) is 6.75. The summed E-state index contributed by atoms with van der Waals surface area (Å²) in [4.78, 5) is 3.67. The molecule has 1 fully saturated rings. The predicted octanol–water partition coefficient (Wildman–Crippen LogP) is 5.44. The van der Waals surface area contributed by atoms with Crippen LogP contribution in [0.2, 0.25) is 0 Å². The standard InChI is InChI=1S/C24H30N2O2/c1-15(2)23-19-12-16(18-6-5-11-25-14-18)7-9-20(19)26-24(23)17-8-10-21(27-3)22(13-17)28-4/h7-10,12-13,15,18,25-26H,5-6,11,14H2,1-4H3. The third-order valence-corrected chi connectivity index (χ3v) is 5.88. The Morgan fingerprint density at radius 2 is 1.82 bits per heavy atom. The number of aromatic amines is 1. The van der Waals surface area contributed by atoms with Crippen LogP contribution in [0.15, 0.2) is 36.4 Å². The van der Waals surface area contributed by atoms with Gasteiger partial charge in [-0.15, -0.1) is 0 Å². The lowest BCUT2D eigenvalue weighted by Gasteiger charge is -2.23. The molecule has 0 saturated carbocycles. The van der Waals surface area contributed by atoms with Crippen molar-refractivity contribution in [3.05, 3.63) is 47.5 Å². The highest BCUT2D eigenvalue weighted by Crippen LogP contribution is 2.40. The number of hydrogen-bond donors (Lipinski definition) is 2. The van der Waals surface area contributed by atoms with Crippen molar-refractivity contribution in [2.24, 2.45) is 0 Å². The van der Waals surface area contributed by atoms with Crippen molar-refractivity contribution in [1.82, 2.24) is 10.3 Å². The van der Waals surface area contributed by atoms with E-state index in [-0.39, 0.29) is 0 Å². The van der Waals surface area contributed by atoms with E-state index in [2.05, 4.69) is 54.5 Å². The Morgan fingerprint density at radius 3 is 2.50 bits per heavy atom. The van der Waals surface area contributed by atoms with Gasteiger partial charge in [-0.3, -0.25) is 0 Å². The molecule has 0 amide bonds. The molecule has 148 valence electrons. The minimum atomic E-state index is 0.413. The molecular formula is C24H30N2O2. The molecule has 1 aliphatic rings. The third kappa shape index (κ3) is 3.37. The van der Waals surface area contributed by atoms with Crippen LogP contribution in [0.1, 0.15) is 49.7 Å². The number of nitrogens with one attached hydrogen (secondary N) is 2. The quantitative estimate of drug-likeness (QED) is 0.621. The first-order chi connectivity index (χ1) is 13.6. The van der Waals surface area contributed by atoms with Crippen molar-refractivity contribution >= 4 is 10.9 Å². The second-order valence-electron chi connectivity index (χ2n) is 7.99. The molecule has 4 rings (SSSR count). The summed E-state index contributed by atoms with van der Waals surface area (Å²) in [5.41, 5.74) is 6.30. The molecule has 1 aliphatic heterocycles. The van der Waals surface area contributed by atoms with Crippen molar-refractivity contribution in [2.45, 2.75) is 38.5 Å². The monoisotopic (exact) mass is 378 g/mol. The number of benzene rings is 2. The van der Waals surface area contributed by atoms with Gasteiger partial charge in [-0.1, -0.05) is 19.9 Å². The van der Waals surface area contributed by atoms with Crippen LogP contribution in [-0.2, 0) is 0 Å². The summed E-state index contributed by atoms with van der Waals surface area (Å²) in [7, 11) is 3.35. The van der Waals surface area contributed by atoms with Gasteiger partial charge in [0.25, 0.3) is 0 Å². The summed E-state index contributed by atoms with van der Waals surface area (Å²) in [5, 5.41) is 4.88. The van der Waals surface area contributed by atoms with Gasteiger partial charge in [0.2, 0.25) is 0 Å². The minimum absolute atomic E-state index is 0.413. The molecule has 4 nitrogen and oxygen atoms in total. The Bertz CT molecular complexity index is 968. The highest BCUT2D eigenvalue weighted by atomic mass is 16.5. The average Bonchev–Trinajstić information content (AvgIpc) is 3.12. The summed E-state index contributed by atoms with van der Waals surface area (Å²) in [5.74, 6) is 2.53. The molecule has 0 bridgehead atoms. The van der Waals surface area contributed by atoms with E-state index in [1.165, 1.54) is 40.6 Å². The zero-order valence-electron chi connectivity index (χ0n) is 17.3. The van der Waals surface area contributed by atoms with E-state index in [1.807, 2.05) is 6.07 Å². The van der Waals surface area contributed by atoms with Crippen molar-refractivity contribution in [2.75, 3.05) is 27.3 Å². The zero-order valence-corrected chi connectivity index (χ0v) is 17.3. The molecule has 2 N–H and O–H groups in total.